The summed E-state index contributed by atoms with van der Waals surface area (Å²) in [5.74, 6) is -0.153. The molecular weight excluding hydrogens is 443 g/mol. The van der Waals surface area contributed by atoms with Gasteiger partial charge in [0.15, 0.2) is 5.43 Å². The number of nitriles is 1. The molecule has 0 amide bonds. The molecule has 1 aliphatic heterocycles. The number of benzene rings is 2. The number of hydrogen-bond acceptors (Lipinski definition) is 5. The molecule has 162 valence electrons. The Labute approximate surface area is 192 Å². The van der Waals surface area contributed by atoms with E-state index in [1.807, 2.05) is 17.0 Å². The summed E-state index contributed by atoms with van der Waals surface area (Å²) in [5.41, 5.74) is 8.53. The molecule has 5 rings (SSSR count). The van der Waals surface area contributed by atoms with Crippen LogP contribution in [0.25, 0.3) is 33.3 Å². The summed E-state index contributed by atoms with van der Waals surface area (Å²) < 4.78 is 14.5. The number of rotatable bonds is 3. The molecule has 0 bridgehead atoms. The van der Waals surface area contributed by atoms with Crippen LogP contribution in [0, 0.1) is 17.1 Å². The number of nitrogens with two attached hydrogens (primary N) is 1. The van der Waals surface area contributed by atoms with Crippen LogP contribution in [0.15, 0.2) is 71.3 Å². The lowest BCUT2D eigenvalue weighted by atomic mass is 9.97. The third-order valence-electron chi connectivity index (χ3n) is 5.47. The van der Waals surface area contributed by atoms with Crippen molar-refractivity contribution in [3.63, 3.8) is 0 Å². The number of anilines is 1. The molecule has 3 heterocycles. The zero-order chi connectivity index (χ0) is 23.1. The van der Waals surface area contributed by atoms with E-state index in [0.717, 1.165) is 0 Å². The number of pyridine rings is 1. The van der Waals surface area contributed by atoms with Crippen molar-refractivity contribution < 1.29 is 4.39 Å². The van der Waals surface area contributed by atoms with E-state index in [2.05, 4.69) is 15.2 Å². The number of hydrogen-bond donors (Lipinski definition) is 3. The zero-order valence-electron chi connectivity index (χ0n) is 17.1. The number of aromatic amines is 2. The Kier molecular flexibility index (Phi) is 4.96. The highest BCUT2D eigenvalue weighted by molar-refractivity contribution is 6.34. The average Bonchev–Trinajstić information content (AvgIpc) is 3.19. The minimum Gasteiger partial charge on any atom is -0.399 e. The topological polar surface area (TPSA) is 115 Å². The summed E-state index contributed by atoms with van der Waals surface area (Å²) >= 11 is 6.21. The normalized spacial score (nSPS) is 13.2. The van der Waals surface area contributed by atoms with Crippen LogP contribution in [-0.2, 0) is 0 Å². The van der Waals surface area contributed by atoms with Gasteiger partial charge in [-0.15, -0.1) is 0 Å². The summed E-state index contributed by atoms with van der Waals surface area (Å²) in [7, 11) is 0. The number of H-pyrrole nitrogens is 2. The number of nitrogens with zero attached hydrogens (tertiary/aromatic N) is 3. The van der Waals surface area contributed by atoms with Crippen molar-refractivity contribution in [2.75, 3.05) is 11.4 Å². The van der Waals surface area contributed by atoms with Crippen LogP contribution in [-0.4, -0.2) is 21.7 Å². The number of halogens is 2. The fourth-order valence-corrected chi connectivity index (χ4v) is 3.98. The highest BCUT2D eigenvalue weighted by Gasteiger charge is 2.19. The van der Waals surface area contributed by atoms with E-state index < -0.39 is 5.82 Å². The van der Waals surface area contributed by atoms with Gasteiger partial charge in [0.05, 0.1) is 22.3 Å². The van der Waals surface area contributed by atoms with E-state index in [4.69, 9.17) is 22.6 Å². The Morgan fingerprint density at radius 1 is 1.18 bits per heavy atom. The summed E-state index contributed by atoms with van der Waals surface area (Å²) in [4.78, 5) is 18.5. The van der Waals surface area contributed by atoms with Crippen LogP contribution in [0.2, 0.25) is 5.15 Å². The lowest BCUT2D eigenvalue weighted by molar-refractivity contribution is 0.624. The largest absolute Gasteiger partial charge is 0.399 e. The van der Waals surface area contributed by atoms with Crippen LogP contribution in [0.3, 0.4) is 0 Å². The molecule has 7 nitrogen and oxygen atoms in total. The second-order valence-electron chi connectivity index (χ2n) is 7.52. The summed E-state index contributed by atoms with van der Waals surface area (Å²) in [6.07, 6.45) is 5.31. The zero-order valence-corrected chi connectivity index (χ0v) is 17.8. The van der Waals surface area contributed by atoms with Gasteiger partial charge in [-0.2, -0.15) is 10.4 Å². The molecule has 0 saturated heterocycles. The molecule has 4 N–H and O–H groups in total. The fourth-order valence-electron chi connectivity index (χ4n) is 3.79. The van der Waals surface area contributed by atoms with Crippen LogP contribution >= 0.6 is 11.6 Å². The van der Waals surface area contributed by atoms with Gasteiger partial charge in [0, 0.05) is 35.5 Å². The third-order valence-corrected chi connectivity index (χ3v) is 5.76. The molecule has 2 aromatic carbocycles. The molecular formula is C24H16ClFN6O. The molecule has 33 heavy (non-hydrogen) atoms. The third kappa shape index (κ3) is 3.64. The van der Waals surface area contributed by atoms with Gasteiger partial charge < -0.3 is 15.6 Å². The fraction of sp³-hybridized carbons (Fsp3) is 0.0417. The average molecular weight is 459 g/mol. The Morgan fingerprint density at radius 2 is 2.00 bits per heavy atom. The van der Waals surface area contributed by atoms with Crippen molar-refractivity contribution in [2.24, 2.45) is 5.73 Å². The van der Waals surface area contributed by atoms with E-state index in [1.165, 1.54) is 18.2 Å². The minimum atomic E-state index is -0.672. The summed E-state index contributed by atoms with van der Waals surface area (Å²) in [6.45, 7) is 0.468. The number of fused-ring (bicyclic) bond motifs is 1. The van der Waals surface area contributed by atoms with E-state index in [-0.39, 0.29) is 11.0 Å². The molecule has 2 aromatic heterocycles. The van der Waals surface area contributed by atoms with Crippen molar-refractivity contribution in [1.82, 2.24) is 15.2 Å². The summed E-state index contributed by atoms with van der Waals surface area (Å²) in [5, 5.41) is 16.9. The van der Waals surface area contributed by atoms with Crippen molar-refractivity contribution in [2.45, 2.75) is 0 Å². The van der Waals surface area contributed by atoms with Gasteiger partial charge in [0.2, 0.25) is 0 Å². The lowest BCUT2D eigenvalue weighted by Crippen LogP contribution is -2.23. The Hall–Kier alpha value is -4.35. The highest BCUT2D eigenvalue weighted by atomic mass is 35.5. The van der Waals surface area contributed by atoms with E-state index in [9.17, 15) is 9.18 Å². The van der Waals surface area contributed by atoms with Crippen LogP contribution in [0.4, 0.5) is 10.2 Å². The van der Waals surface area contributed by atoms with Crippen molar-refractivity contribution in [3.8, 4) is 28.5 Å². The van der Waals surface area contributed by atoms with Gasteiger partial charge in [-0.25, -0.2) is 4.39 Å². The minimum absolute atomic E-state index is 0.0787. The second-order valence-corrected chi connectivity index (χ2v) is 7.89. The predicted molar refractivity (Wildman–Crippen MR) is 126 cm³/mol. The molecule has 1 aliphatic rings. The van der Waals surface area contributed by atoms with Gasteiger partial charge in [-0.1, -0.05) is 23.7 Å². The van der Waals surface area contributed by atoms with Crippen molar-refractivity contribution >= 4 is 28.3 Å². The quantitative estimate of drug-likeness (QED) is 0.420. The van der Waals surface area contributed by atoms with Crippen LogP contribution in [0.5, 0.6) is 0 Å². The number of nitrogens with one attached hydrogen (secondary N) is 2. The molecule has 0 atom stereocenters. The molecule has 0 fully saturated rings. The molecule has 0 spiro atoms. The van der Waals surface area contributed by atoms with Crippen LogP contribution in [0.1, 0.15) is 5.56 Å². The van der Waals surface area contributed by atoms with Gasteiger partial charge >= 0.3 is 0 Å². The van der Waals surface area contributed by atoms with E-state index >= 15 is 0 Å². The summed E-state index contributed by atoms with van der Waals surface area (Å²) in [6, 6.07) is 12.8. The maximum atomic E-state index is 14.5. The first-order valence-corrected chi connectivity index (χ1v) is 10.3. The molecule has 0 aliphatic carbocycles. The standard InChI is InChI=1S/C24H16ClFN6O/c25-24-17-9-13(3-4-19(17)30-31-24)22-20(33)11-21(32-7-5-16(28)6-8-32)29-23(22)14-1-2-15(12-27)18(26)10-14/h1-7,9-11H,8,28H2,(H,29,33)(H,30,31). The van der Waals surface area contributed by atoms with Crippen molar-refractivity contribution in [1.29, 1.82) is 5.26 Å². The van der Waals surface area contributed by atoms with E-state index in [1.54, 1.807) is 36.5 Å². The lowest BCUT2D eigenvalue weighted by Gasteiger charge is -2.23. The predicted octanol–water partition coefficient (Wildman–Crippen LogP) is 4.43. The van der Waals surface area contributed by atoms with Gasteiger partial charge in [0.25, 0.3) is 0 Å². The van der Waals surface area contributed by atoms with E-state index in [0.29, 0.717) is 56.5 Å². The first kappa shape index (κ1) is 20.5. The Bertz CT molecular complexity index is 1580. The molecule has 0 saturated carbocycles. The molecule has 4 aromatic rings. The van der Waals surface area contributed by atoms with Gasteiger partial charge in [0.1, 0.15) is 22.9 Å². The van der Waals surface area contributed by atoms with Crippen molar-refractivity contribution in [3.05, 3.63) is 93.3 Å². The van der Waals surface area contributed by atoms with Gasteiger partial charge in [-0.05, 0) is 42.0 Å². The molecule has 9 heteroatoms. The monoisotopic (exact) mass is 458 g/mol. The second kappa shape index (κ2) is 7.97. The molecule has 0 unspecified atom stereocenters. The highest BCUT2D eigenvalue weighted by Crippen LogP contribution is 2.33. The first-order chi connectivity index (χ1) is 15.9. The molecule has 0 radical (unpaired) electrons. The smallest absolute Gasteiger partial charge is 0.192 e. The number of allylic oxidation sites excluding steroid dienone is 1. The SMILES string of the molecule is N#Cc1ccc(-c2[nH]c(N3C=CC(N)=CC3)cc(=O)c2-c2ccc3n[nH]c(Cl)c3c2)cc1F. The maximum absolute atomic E-state index is 14.5. The number of aromatic nitrogens is 3. The maximum Gasteiger partial charge on any atom is 0.192 e. The Balaban J connectivity index is 1.74. The van der Waals surface area contributed by atoms with Crippen LogP contribution < -0.4 is 16.1 Å². The van der Waals surface area contributed by atoms with Gasteiger partial charge in [-0.3, -0.25) is 9.89 Å². The Morgan fingerprint density at radius 3 is 2.73 bits per heavy atom. The first-order valence-electron chi connectivity index (χ1n) is 9.96.